The molecule has 0 aliphatic carbocycles. The number of sulfonamides is 1. The Labute approximate surface area is 167 Å². The topological polar surface area (TPSA) is 88.0 Å². The summed E-state index contributed by atoms with van der Waals surface area (Å²) in [6.45, 7) is 1.73. The standard InChI is InChI=1S/C19H29N5O3S/c1-20-19(24(3)15-17-8-6-11-23(17)2)21-14-16-7-5-9-18(13-16)28(25,26)22-10-12-27-4/h5-9,11,13,22H,10,12,14-15H2,1-4H3,(H,20,21). The molecule has 0 saturated heterocycles. The number of benzene rings is 1. The number of guanidine groups is 1. The fourth-order valence-corrected chi connectivity index (χ4v) is 3.81. The highest BCUT2D eigenvalue weighted by atomic mass is 32.2. The van der Waals surface area contributed by atoms with Crippen molar-refractivity contribution in [2.24, 2.45) is 12.0 Å². The molecular formula is C19H29N5O3S. The van der Waals surface area contributed by atoms with E-state index in [0.29, 0.717) is 19.7 Å². The second kappa shape index (κ2) is 10.3. The first-order valence-electron chi connectivity index (χ1n) is 8.97. The van der Waals surface area contributed by atoms with Gasteiger partial charge in [0.05, 0.1) is 18.0 Å². The molecule has 2 N–H and O–H groups in total. The molecule has 0 fully saturated rings. The van der Waals surface area contributed by atoms with E-state index in [-0.39, 0.29) is 11.4 Å². The Morgan fingerprint density at radius 2 is 2.07 bits per heavy atom. The summed E-state index contributed by atoms with van der Waals surface area (Å²) >= 11 is 0. The average molecular weight is 408 g/mol. The van der Waals surface area contributed by atoms with Crippen molar-refractivity contribution in [3.8, 4) is 0 Å². The zero-order valence-corrected chi connectivity index (χ0v) is 17.7. The van der Waals surface area contributed by atoms with Crippen LogP contribution < -0.4 is 10.0 Å². The minimum Gasteiger partial charge on any atom is -0.383 e. The van der Waals surface area contributed by atoms with Crippen LogP contribution >= 0.6 is 0 Å². The van der Waals surface area contributed by atoms with Crippen LogP contribution in [0.4, 0.5) is 0 Å². The van der Waals surface area contributed by atoms with Gasteiger partial charge in [0.25, 0.3) is 0 Å². The highest BCUT2D eigenvalue weighted by Crippen LogP contribution is 2.12. The van der Waals surface area contributed by atoms with Crippen LogP contribution in [0.15, 0.2) is 52.5 Å². The smallest absolute Gasteiger partial charge is 0.240 e. The lowest BCUT2D eigenvalue weighted by molar-refractivity contribution is 0.204. The van der Waals surface area contributed by atoms with E-state index in [2.05, 4.69) is 25.7 Å². The van der Waals surface area contributed by atoms with Crippen LogP contribution in [0.2, 0.25) is 0 Å². The van der Waals surface area contributed by atoms with Crippen molar-refractivity contribution in [1.29, 1.82) is 0 Å². The normalized spacial score (nSPS) is 12.2. The predicted octanol–water partition coefficient (Wildman–Crippen LogP) is 1.16. The molecule has 8 nitrogen and oxygen atoms in total. The van der Waals surface area contributed by atoms with E-state index in [1.54, 1.807) is 25.2 Å². The predicted molar refractivity (Wildman–Crippen MR) is 111 cm³/mol. The maximum atomic E-state index is 12.3. The number of nitrogens with one attached hydrogen (secondary N) is 2. The number of methoxy groups -OCH3 is 1. The average Bonchev–Trinajstić information content (AvgIpc) is 3.07. The lowest BCUT2D eigenvalue weighted by Gasteiger charge is -2.22. The fourth-order valence-electron chi connectivity index (χ4n) is 2.73. The van der Waals surface area contributed by atoms with E-state index in [1.807, 2.05) is 37.3 Å². The summed E-state index contributed by atoms with van der Waals surface area (Å²) in [5.74, 6) is 0.729. The Bertz CT molecular complexity index is 892. The van der Waals surface area contributed by atoms with Crippen LogP contribution in [0.3, 0.4) is 0 Å². The molecule has 9 heteroatoms. The molecule has 0 radical (unpaired) electrons. The van der Waals surface area contributed by atoms with E-state index in [9.17, 15) is 8.42 Å². The van der Waals surface area contributed by atoms with Gasteiger partial charge in [0, 0.05) is 53.2 Å². The number of hydrogen-bond donors (Lipinski definition) is 2. The molecule has 1 aromatic heterocycles. The second-order valence-electron chi connectivity index (χ2n) is 6.41. The summed E-state index contributed by atoms with van der Waals surface area (Å²) in [5, 5.41) is 3.28. The van der Waals surface area contributed by atoms with Crippen molar-refractivity contribution in [1.82, 2.24) is 19.5 Å². The summed E-state index contributed by atoms with van der Waals surface area (Å²) < 4.78 is 34.2. The first kappa shape index (κ1) is 21.9. The van der Waals surface area contributed by atoms with Gasteiger partial charge in [-0.3, -0.25) is 4.99 Å². The lowest BCUT2D eigenvalue weighted by Crippen LogP contribution is -2.38. The van der Waals surface area contributed by atoms with Gasteiger partial charge in [0.2, 0.25) is 10.0 Å². The zero-order chi connectivity index (χ0) is 20.6. The molecule has 0 saturated carbocycles. The third-order valence-electron chi connectivity index (χ3n) is 4.28. The molecule has 2 rings (SSSR count). The van der Waals surface area contributed by atoms with Crippen LogP contribution in [0.25, 0.3) is 0 Å². The first-order chi connectivity index (χ1) is 13.4. The minimum absolute atomic E-state index is 0.232. The van der Waals surface area contributed by atoms with Gasteiger partial charge in [-0.15, -0.1) is 0 Å². The molecule has 0 aliphatic heterocycles. The summed E-state index contributed by atoms with van der Waals surface area (Å²) in [7, 11) is 3.67. The molecule has 0 spiro atoms. The molecular weight excluding hydrogens is 378 g/mol. The number of aliphatic imine (C=N–C) groups is 1. The van der Waals surface area contributed by atoms with Gasteiger partial charge in [0.15, 0.2) is 5.96 Å². The largest absolute Gasteiger partial charge is 0.383 e. The van der Waals surface area contributed by atoms with Crippen molar-refractivity contribution in [2.75, 3.05) is 34.4 Å². The monoisotopic (exact) mass is 407 g/mol. The van der Waals surface area contributed by atoms with Crippen LogP contribution in [-0.2, 0) is 34.9 Å². The summed E-state index contributed by atoms with van der Waals surface area (Å²) in [6, 6.07) is 10.9. The Hall–Kier alpha value is -2.36. The van der Waals surface area contributed by atoms with Gasteiger partial charge in [0.1, 0.15) is 0 Å². The molecule has 28 heavy (non-hydrogen) atoms. The van der Waals surface area contributed by atoms with Crippen molar-refractivity contribution in [3.05, 3.63) is 53.9 Å². The molecule has 1 aromatic carbocycles. The molecule has 1 heterocycles. The van der Waals surface area contributed by atoms with Crippen LogP contribution in [0, 0.1) is 0 Å². The Kier molecular flexibility index (Phi) is 8.04. The van der Waals surface area contributed by atoms with Crippen LogP contribution in [0.1, 0.15) is 11.3 Å². The van der Waals surface area contributed by atoms with E-state index < -0.39 is 10.0 Å². The first-order valence-corrected chi connectivity index (χ1v) is 10.4. The van der Waals surface area contributed by atoms with Gasteiger partial charge < -0.3 is 19.5 Å². The van der Waals surface area contributed by atoms with Gasteiger partial charge >= 0.3 is 0 Å². The zero-order valence-electron chi connectivity index (χ0n) is 16.8. The number of aryl methyl sites for hydroxylation is 1. The van der Waals surface area contributed by atoms with Gasteiger partial charge in [-0.1, -0.05) is 12.1 Å². The number of aromatic nitrogens is 1. The quantitative estimate of drug-likeness (QED) is 0.370. The van der Waals surface area contributed by atoms with Crippen LogP contribution in [0.5, 0.6) is 0 Å². The third kappa shape index (κ3) is 6.08. The van der Waals surface area contributed by atoms with Crippen LogP contribution in [-0.4, -0.2) is 58.2 Å². The van der Waals surface area contributed by atoms with Crippen molar-refractivity contribution in [3.63, 3.8) is 0 Å². The van der Waals surface area contributed by atoms with E-state index >= 15 is 0 Å². The summed E-state index contributed by atoms with van der Waals surface area (Å²) in [6.07, 6.45) is 2.01. The highest BCUT2D eigenvalue weighted by molar-refractivity contribution is 7.89. The third-order valence-corrected chi connectivity index (χ3v) is 5.74. The number of ether oxygens (including phenoxy) is 1. The lowest BCUT2D eigenvalue weighted by atomic mass is 10.2. The molecule has 2 aromatic rings. The maximum Gasteiger partial charge on any atom is 0.240 e. The Morgan fingerprint density at radius 1 is 1.29 bits per heavy atom. The Morgan fingerprint density at radius 3 is 2.71 bits per heavy atom. The molecule has 154 valence electrons. The van der Waals surface area contributed by atoms with E-state index in [4.69, 9.17) is 4.74 Å². The SMILES string of the molecule is CN=C(NCc1cccc(S(=O)(=O)NCCOC)c1)N(C)Cc1cccn1C. The molecule has 0 amide bonds. The molecule has 0 unspecified atom stereocenters. The summed E-state index contributed by atoms with van der Waals surface area (Å²) in [4.78, 5) is 6.56. The summed E-state index contributed by atoms with van der Waals surface area (Å²) in [5.41, 5.74) is 2.02. The maximum absolute atomic E-state index is 12.3. The van der Waals surface area contributed by atoms with Crippen molar-refractivity contribution < 1.29 is 13.2 Å². The van der Waals surface area contributed by atoms with E-state index in [0.717, 1.165) is 11.5 Å². The van der Waals surface area contributed by atoms with Crippen molar-refractivity contribution >= 4 is 16.0 Å². The number of nitrogens with zero attached hydrogens (tertiary/aromatic N) is 3. The van der Waals surface area contributed by atoms with Gasteiger partial charge in [-0.05, 0) is 29.8 Å². The van der Waals surface area contributed by atoms with Crippen molar-refractivity contribution in [2.45, 2.75) is 18.0 Å². The van der Waals surface area contributed by atoms with Gasteiger partial charge in [-0.25, -0.2) is 13.1 Å². The van der Waals surface area contributed by atoms with E-state index in [1.165, 1.54) is 12.8 Å². The minimum atomic E-state index is -3.56. The molecule has 0 bridgehead atoms. The Balaban J connectivity index is 2.00. The van der Waals surface area contributed by atoms with Gasteiger partial charge in [-0.2, -0.15) is 0 Å². The fraction of sp³-hybridized carbons (Fsp3) is 0.421. The second-order valence-corrected chi connectivity index (χ2v) is 8.17. The molecule has 0 aliphatic rings. The number of hydrogen-bond acceptors (Lipinski definition) is 4. The number of rotatable bonds is 9. The molecule has 0 atom stereocenters. The highest BCUT2D eigenvalue weighted by Gasteiger charge is 2.14.